The molecule has 2 bridgehead atoms. The number of rotatable bonds is 3. The molecule has 6 heteroatoms. The quantitative estimate of drug-likeness (QED) is 0.791. The molecule has 1 N–H and O–H groups in total. The molecule has 3 rings (SSSR count). The van der Waals surface area contributed by atoms with Gasteiger partial charge in [-0.25, -0.2) is 4.99 Å². The van der Waals surface area contributed by atoms with Crippen LogP contribution >= 0.6 is 11.6 Å². The van der Waals surface area contributed by atoms with Crippen LogP contribution in [0.25, 0.3) is 0 Å². The highest BCUT2D eigenvalue weighted by atomic mass is 35.5. The summed E-state index contributed by atoms with van der Waals surface area (Å²) in [5, 5.41) is 3.83. The summed E-state index contributed by atoms with van der Waals surface area (Å²) in [5.41, 5.74) is 0. The van der Waals surface area contributed by atoms with E-state index < -0.39 is 0 Å². The average molecular weight is 287 g/mol. The Hall–Kier alpha value is -0.620. The van der Waals surface area contributed by atoms with Gasteiger partial charge in [0.05, 0.1) is 26.4 Å². The number of hydrogen-bond acceptors (Lipinski definition) is 5. The second-order valence-corrected chi connectivity index (χ2v) is 5.57. The topological polar surface area (TPSA) is 52.1 Å². The number of ether oxygens (including phenoxy) is 3. The van der Waals surface area contributed by atoms with E-state index in [2.05, 4.69) is 10.3 Å². The Morgan fingerprint density at radius 3 is 2.79 bits per heavy atom. The van der Waals surface area contributed by atoms with Gasteiger partial charge in [0.1, 0.15) is 6.10 Å². The molecule has 0 aliphatic carbocycles. The van der Waals surface area contributed by atoms with Gasteiger partial charge in [0.2, 0.25) is 0 Å². The van der Waals surface area contributed by atoms with Crippen molar-refractivity contribution in [3.63, 3.8) is 0 Å². The van der Waals surface area contributed by atoms with Crippen molar-refractivity contribution in [2.75, 3.05) is 33.4 Å². The molecule has 3 unspecified atom stereocenters. The van der Waals surface area contributed by atoms with Crippen molar-refractivity contribution in [3.8, 4) is 0 Å². The Balaban J connectivity index is 1.72. The van der Waals surface area contributed by atoms with E-state index in [0.717, 1.165) is 26.3 Å². The van der Waals surface area contributed by atoms with E-state index in [-0.39, 0.29) is 12.2 Å². The molecule has 0 radical (unpaired) electrons. The van der Waals surface area contributed by atoms with Gasteiger partial charge in [-0.05, 0) is 0 Å². The summed E-state index contributed by atoms with van der Waals surface area (Å²) in [6.07, 6.45) is 2.59. The molecule has 106 valence electrons. The molecule has 0 aromatic carbocycles. The lowest BCUT2D eigenvalue weighted by Gasteiger charge is -2.43. The Morgan fingerprint density at radius 1 is 1.37 bits per heavy atom. The predicted molar refractivity (Wildman–Crippen MR) is 72.3 cm³/mol. The van der Waals surface area contributed by atoms with E-state index in [9.17, 15) is 0 Å². The molecular weight excluding hydrogens is 268 g/mol. The van der Waals surface area contributed by atoms with Gasteiger partial charge in [-0.15, -0.1) is 0 Å². The Labute approximate surface area is 118 Å². The molecule has 2 saturated heterocycles. The van der Waals surface area contributed by atoms with Gasteiger partial charge in [-0.1, -0.05) is 11.6 Å². The monoisotopic (exact) mass is 286 g/mol. The van der Waals surface area contributed by atoms with E-state index in [1.807, 2.05) is 0 Å². The predicted octanol–water partition coefficient (Wildman–Crippen LogP) is 1.13. The lowest BCUT2D eigenvalue weighted by atomic mass is 9.85. The normalized spacial score (nSPS) is 38.4. The Morgan fingerprint density at radius 2 is 2.11 bits per heavy atom. The number of nitrogens with zero attached hydrogens (tertiary/aromatic N) is 1. The first-order chi connectivity index (χ1) is 9.29. The third-order valence-electron chi connectivity index (χ3n) is 3.97. The smallest absolute Gasteiger partial charge is 0.169 e. The fraction of sp³-hybridized carbons (Fsp3) is 0.769. The molecule has 19 heavy (non-hydrogen) atoms. The third-order valence-corrected chi connectivity index (χ3v) is 4.25. The minimum Gasteiger partial charge on any atom is -0.495 e. The minimum atomic E-state index is -0.124. The van der Waals surface area contributed by atoms with Gasteiger partial charge >= 0.3 is 0 Å². The van der Waals surface area contributed by atoms with Gasteiger partial charge in [0.15, 0.2) is 10.9 Å². The van der Waals surface area contributed by atoms with Crippen LogP contribution in [0.2, 0.25) is 0 Å². The summed E-state index contributed by atoms with van der Waals surface area (Å²) >= 11 is 6.06. The highest BCUT2D eigenvalue weighted by molar-refractivity contribution is 6.30. The molecular formula is C13H19ClN2O3. The van der Waals surface area contributed by atoms with Gasteiger partial charge in [0.25, 0.3) is 0 Å². The number of fused-ring (bicyclic) bond motifs is 2. The molecule has 5 nitrogen and oxygen atoms in total. The number of nitrogens with one attached hydrogen (secondary N) is 1. The highest BCUT2D eigenvalue weighted by Crippen LogP contribution is 2.31. The second kappa shape index (κ2) is 5.79. The van der Waals surface area contributed by atoms with E-state index in [4.69, 9.17) is 25.8 Å². The maximum atomic E-state index is 6.29. The zero-order valence-electron chi connectivity index (χ0n) is 11.0. The molecule has 3 heterocycles. The maximum Gasteiger partial charge on any atom is 0.169 e. The second-order valence-electron chi connectivity index (χ2n) is 5.21. The molecule has 0 amide bonds. The van der Waals surface area contributed by atoms with Gasteiger partial charge in [0, 0.05) is 37.6 Å². The molecule has 3 aliphatic heterocycles. The Bertz CT molecular complexity index is 377. The number of hydrogen-bond donors (Lipinski definition) is 1. The fourth-order valence-electron chi connectivity index (χ4n) is 3.03. The highest BCUT2D eigenvalue weighted by Gasteiger charge is 2.40. The zero-order chi connectivity index (χ0) is 13.2. The van der Waals surface area contributed by atoms with E-state index in [0.29, 0.717) is 29.2 Å². The first kappa shape index (κ1) is 13.4. The molecule has 3 aliphatic rings. The van der Waals surface area contributed by atoms with Crippen LogP contribution in [0.15, 0.2) is 15.9 Å². The summed E-state index contributed by atoms with van der Waals surface area (Å²) in [4.78, 5) is 4.08. The number of piperidine rings is 1. The van der Waals surface area contributed by atoms with Crippen molar-refractivity contribution >= 4 is 17.8 Å². The van der Waals surface area contributed by atoms with E-state index in [1.54, 1.807) is 13.3 Å². The summed E-state index contributed by atoms with van der Waals surface area (Å²) in [5.74, 6) is 1.45. The van der Waals surface area contributed by atoms with Crippen LogP contribution in [0.4, 0.5) is 0 Å². The van der Waals surface area contributed by atoms with Crippen LogP contribution in [-0.4, -0.2) is 51.8 Å². The zero-order valence-corrected chi connectivity index (χ0v) is 11.7. The lowest BCUT2D eigenvalue weighted by molar-refractivity contribution is -0.146. The van der Waals surface area contributed by atoms with Crippen molar-refractivity contribution in [2.45, 2.75) is 18.6 Å². The maximum absolute atomic E-state index is 6.29. The largest absolute Gasteiger partial charge is 0.495 e. The van der Waals surface area contributed by atoms with Crippen LogP contribution in [0.1, 0.15) is 6.42 Å². The van der Waals surface area contributed by atoms with Crippen LogP contribution < -0.4 is 5.32 Å². The molecule has 0 aromatic heterocycles. The van der Waals surface area contributed by atoms with E-state index in [1.165, 1.54) is 0 Å². The van der Waals surface area contributed by atoms with Gasteiger partial charge < -0.3 is 19.5 Å². The van der Waals surface area contributed by atoms with Crippen LogP contribution in [0.3, 0.4) is 0 Å². The third kappa shape index (κ3) is 2.65. The summed E-state index contributed by atoms with van der Waals surface area (Å²) in [6, 6.07) is 0. The molecule has 2 fully saturated rings. The van der Waals surface area contributed by atoms with Crippen molar-refractivity contribution in [1.82, 2.24) is 5.32 Å². The van der Waals surface area contributed by atoms with Gasteiger partial charge in [-0.2, -0.15) is 0 Å². The standard InChI is InChI=1S/C13H19ClN2O3/c1-17-12-10(2-3-16-13(12)14)19-11-8-4-15-5-9(11)7-18-6-8/h3,8-11,15H,2,4-7H2,1H3. The van der Waals surface area contributed by atoms with Crippen molar-refractivity contribution < 1.29 is 14.2 Å². The molecule has 3 atom stereocenters. The SMILES string of the molecule is COC1=C(Cl)N=CCC1OC1C2CNCC1COC2. The first-order valence-electron chi connectivity index (χ1n) is 6.69. The molecule has 0 aromatic rings. The Kier molecular flexibility index (Phi) is 4.07. The molecule has 0 saturated carbocycles. The van der Waals surface area contributed by atoms with E-state index >= 15 is 0 Å². The number of methoxy groups -OCH3 is 1. The summed E-state index contributed by atoms with van der Waals surface area (Å²) in [6.45, 7) is 3.41. The average Bonchev–Trinajstić information content (AvgIpc) is 2.39. The summed E-state index contributed by atoms with van der Waals surface area (Å²) in [7, 11) is 1.61. The lowest BCUT2D eigenvalue weighted by Crippen LogP contribution is -2.55. The van der Waals surface area contributed by atoms with Crippen LogP contribution in [0, 0.1) is 11.8 Å². The minimum absolute atomic E-state index is 0.124. The number of aliphatic imine (C=N–C) groups is 1. The summed E-state index contributed by atoms with van der Waals surface area (Å²) < 4.78 is 17.3. The van der Waals surface area contributed by atoms with Crippen molar-refractivity contribution in [3.05, 3.63) is 10.9 Å². The van der Waals surface area contributed by atoms with Crippen LogP contribution in [-0.2, 0) is 14.2 Å². The van der Waals surface area contributed by atoms with Gasteiger partial charge in [-0.3, -0.25) is 0 Å². The van der Waals surface area contributed by atoms with Crippen molar-refractivity contribution in [2.24, 2.45) is 16.8 Å². The van der Waals surface area contributed by atoms with Crippen molar-refractivity contribution in [1.29, 1.82) is 0 Å². The van der Waals surface area contributed by atoms with Crippen LogP contribution in [0.5, 0.6) is 0 Å². The fourth-order valence-corrected chi connectivity index (χ4v) is 3.29. The first-order valence-corrected chi connectivity index (χ1v) is 7.07. The molecule has 0 spiro atoms. The number of halogens is 1.